The zero-order valence-corrected chi connectivity index (χ0v) is 26.9. The summed E-state index contributed by atoms with van der Waals surface area (Å²) in [4.78, 5) is 29.1. The van der Waals surface area contributed by atoms with Crippen LogP contribution in [-0.2, 0) is 20.9 Å². The number of nitrogens with zero attached hydrogens (tertiary/aromatic N) is 4. The Balaban J connectivity index is -0.000000181. The van der Waals surface area contributed by atoms with E-state index in [9.17, 15) is 0 Å². The SMILES string of the molecule is COc1cccc(CN2CC[N-]CC[N-]CC[N-]CC2)c1.[CH2-]C(=O)O.[CH2-]C(=O)O.[CH2-]C(=O)O.[Gd+2].[Gd+2].[Gd+2]. The number of carboxylic acids is 3. The molecule has 208 valence electrons. The Bertz CT molecular complexity index is 622. The number of hydrogen-bond donors (Lipinski definition) is 3. The van der Waals surface area contributed by atoms with Gasteiger partial charge in [0, 0.05) is 6.54 Å². The summed E-state index contributed by atoms with van der Waals surface area (Å²) in [5, 5.41) is 35.4. The van der Waals surface area contributed by atoms with Crippen LogP contribution >= 0.6 is 0 Å². The van der Waals surface area contributed by atoms with Crippen LogP contribution in [0.25, 0.3) is 16.0 Å². The van der Waals surface area contributed by atoms with Crippen LogP contribution in [0.15, 0.2) is 24.3 Å². The van der Waals surface area contributed by atoms with Crippen molar-refractivity contribution in [1.29, 1.82) is 0 Å². The molecule has 0 aromatic heterocycles. The molecular weight excluding hydrogens is 904 g/mol. The number of carbonyl (C=O) groups is 3. The smallest absolute Gasteiger partial charge is 0.665 e. The van der Waals surface area contributed by atoms with Crippen LogP contribution in [0.5, 0.6) is 5.75 Å². The normalized spacial score (nSPS) is 13.4. The summed E-state index contributed by atoms with van der Waals surface area (Å²) in [7, 11) is 1.71. The minimum absolute atomic E-state index is 0. The minimum Gasteiger partial charge on any atom is -0.665 e. The summed E-state index contributed by atoms with van der Waals surface area (Å²) in [5.41, 5.74) is 1.27. The molecule has 0 aliphatic carbocycles. The van der Waals surface area contributed by atoms with E-state index in [4.69, 9.17) is 34.4 Å². The van der Waals surface area contributed by atoms with Gasteiger partial charge in [0.1, 0.15) is 5.75 Å². The molecule has 1 saturated heterocycles. The molecule has 0 atom stereocenters. The van der Waals surface area contributed by atoms with Crippen LogP contribution in [0, 0.1) is 141 Å². The second-order valence-electron chi connectivity index (χ2n) is 6.32. The summed E-state index contributed by atoms with van der Waals surface area (Å²) in [6, 6.07) is 8.27. The van der Waals surface area contributed by atoms with E-state index in [0.29, 0.717) is 0 Å². The quantitative estimate of drug-likeness (QED) is 0.389. The van der Waals surface area contributed by atoms with Gasteiger partial charge >= 0.3 is 120 Å². The van der Waals surface area contributed by atoms with Crippen molar-refractivity contribution in [2.24, 2.45) is 0 Å². The van der Waals surface area contributed by atoms with Crippen molar-refractivity contribution in [3.8, 4) is 5.75 Å². The van der Waals surface area contributed by atoms with Crippen LogP contribution in [0.1, 0.15) is 5.56 Å². The Morgan fingerprint density at radius 1 is 0.806 bits per heavy atom. The van der Waals surface area contributed by atoms with E-state index in [-0.39, 0.29) is 120 Å². The van der Waals surface area contributed by atoms with Crippen molar-refractivity contribution in [2.75, 3.05) is 59.5 Å². The standard InChI is InChI=1S/C16H25N4O.3C2H3O2.3Gd/c1-21-16-4-2-3-15(13-16)14-20-11-9-18-7-5-17-6-8-19-10-12-20;3*1-2(3)4;;;/h2-4,13H,5-12,14H2,1H3;3*1H2,(H,3,4);;;/q-3;3*-1;3*+2. The first-order valence-corrected chi connectivity index (χ1v) is 9.98. The molecule has 3 N–H and O–H groups in total. The zero-order chi connectivity index (χ0) is 25.5. The Hall–Kier alpha value is 0.854. The monoisotopic (exact) mass is 940 g/mol. The van der Waals surface area contributed by atoms with Crippen LogP contribution in [0.2, 0.25) is 0 Å². The molecule has 0 amide bonds. The molecule has 0 saturated carbocycles. The van der Waals surface area contributed by atoms with Gasteiger partial charge in [-0.1, -0.05) is 12.1 Å². The first-order chi connectivity index (χ1) is 15.6. The van der Waals surface area contributed by atoms with Gasteiger partial charge in [-0.15, -0.1) is 13.1 Å². The number of hydrogen-bond acceptors (Lipinski definition) is 5. The number of aliphatic carboxylic acids is 3. The average Bonchev–Trinajstić information content (AvgIpc) is 2.69. The Labute approximate surface area is 310 Å². The van der Waals surface area contributed by atoms with Gasteiger partial charge in [-0.2, -0.15) is 26.2 Å². The molecule has 36 heavy (non-hydrogen) atoms. The Morgan fingerprint density at radius 3 is 1.53 bits per heavy atom. The van der Waals surface area contributed by atoms with Gasteiger partial charge in [0.15, 0.2) is 17.9 Å². The fourth-order valence-electron chi connectivity index (χ4n) is 2.34. The first kappa shape index (κ1) is 46.7. The molecule has 1 heterocycles. The second kappa shape index (κ2) is 33.9. The largest absolute Gasteiger partial charge is 2.00 e. The Morgan fingerprint density at radius 2 is 1.17 bits per heavy atom. The number of methoxy groups -OCH3 is 1. The van der Waals surface area contributed by atoms with E-state index in [2.05, 4.69) is 53.8 Å². The predicted molar refractivity (Wildman–Crippen MR) is 127 cm³/mol. The fraction of sp³-hybridized carbons (Fsp3) is 0.455. The molecule has 1 aliphatic rings. The molecular formula is C22H34Gd3N4O7. The van der Waals surface area contributed by atoms with E-state index >= 15 is 0 Å². The number of rotatable bonds is 3. The molecule has 1 aromatic rings. The molecule has 0 unspecified atom stereocenters. The van der Waals surface area contributed by atoms with Crippen LogP contribution in [-0.4, -0.2) is 97.6 Å². The summed E-state index contributed by atoms with van der Waals surface area (Å²) in [6.45, 7) is 15.7. The van der Waals surface area contributed by atoms with Crippen LogP contribution in [0.3, 0.4) is 0 Å². The van der Waals surface area contributed by atoms with Crippen molar-refractivity contribution in [3.63, 3.8) is 0 Å². The Kier molecular flexibility index (Phi) is 43.9. The van der Waals surface area contributed by atoms with Crippen molar-refractivity contribution in [2.45, 2.75) is 6.54 Å². The fourth-order valence-corrected chi connectivity index (χ4v) is 2.34. The van der Waals surface area contributed by atoms with E-state index in [0.717, 1.165) is 64.7 Å². The molecule has 0 spiro atoms. The average molecular weight is 938 g/mol. The minimum atomic E-state index is -1.08. The van der Waals surface area contributed by atoms with E-state index in [1.54, 1.807) is 7.11 Å². The number of benzene rings is 1. The molecule has 0 radical (unpaired) electrons. The summed E-state index contributed by atoms with van der Waals surface area (Å²) in [6.07, 6.45) is 0. The van der Waals surface area contributed by atoms with Gasteiger partial charge < -0.3 is 40.9 Å². The van der Waals surface area contributed by atoms with Gasteiger partial charge in [0.2, 0.25) is 0 Å². The summed E-state index contributed by atoms with van der Waals surface area (Å²) >= 11 is 0. The maximum atomic E-state index is 8.89. The van der Waals surface area contributed by atoms with Gasteiger partial charge in [-0.25, -0.2) is 0 Å². The zero-order valence-electron chi connectivity index (χ0n) is 20.1. The third-order valence-electron chi connectivity index (χ3n) is 3.52. The van der Waals surface area contributed by atoms with Crippen molar-refractivity contribution >= 4 is 17.9 Å². The maximum Gasteiger partial charge on any atom is 2.00 e. The number of ether oxygens (including phenoxy) is 1. The summed E-state index contributed by atoms with van der Waals surface area (Å²) in [5.74, 6) is -2.34. The summed E-state index contributed by atoms with van der Waals surface area (Å²) < 4.78 is 5.29. The topological polar surface area (TPSA) is 167 Å². The van der Waals surface area contributed by atoms with Gasteiger partial charge in [0.25, 0.3) is 0 Å². The molecule has 1 aromatic carbocycles. The maximum absolute atomic E-state index is 8.89. The first-order valence-electron chi connectivity index (χ1n) is 9.98. The molecule has 2 rings (SSSR count). The van der Waals surface area contributed by atoms with Crippen molar-refractivity contribution in [3.05, 3.63) is 66.6 Å². The molecule has 11 nitrogen and oxygen atoms in total. The van der Waals surface area contributed by atoms with Crippen molar-refractivity contribution in [1.82, 2.24) is 4.90 Å². The van der Waals surface area contributed by atoms with Gasteiger partial charge in [-0.3, -0.25) is 35.2 Å². The molecule has 0 bridgehead atoms. The van der Waals surface area contributed by atoms with Gasteiger partial charge in [-0.05, 0) is 30.8 Å². The van der Waals surface area contributed by atoms with Crippen LogP contribution in [0.4, 0.5) is 0 Å². The predicted octanol–water partition coefficient (Wildman–Crippen LogP) is 2.35. The van der Waals surface area contributed by atoms with E-state index in [1.807, 2.05) is 12.1 Å². The van der Waals surface area contributed by atoms with E-state index in [1.165, 1.54) is 5.56 Å². The second-order valence-corrected chi connectivity index (χ2v) is 6.32. The number of carboxylic acid groups (broad SMARTS) is 3. The van der Waals surface area contributed by atoms with Gasteiger partial charge in [0.05, 0.1) is 7.11 Å². The molecule has 1 aliphatic heterocycles. The molecule has 1 fully saturated rings. The van der Waals surface area contributed by atoms with E-state index < -0.39 is 17.9 Å². The third kappa shape index (κ3) is 42.0. The third-order valence-corrected chi connectivity index (χ3v) is 3.52. The van der Waals surface area contributed by atoms with Crippen LogP contribution < -0.4 is 4.74 Å². The van der Waals surface area contributed by atoms with Crippen molar-refractivity contribution < 1.29 is 154 Å². The molecule has 14 heteroatoms.